The highest BCUT2D eigenvalue weighted by Crippen LogP contribution is 2.27. The fraction of sp³-hybridized carbons (Fsp3) is 0.387. The van der Waals surface area contributed by atoms with Gasteiger partial charge in [0.1, 0.15) is 11.4 Å². The molecule has 0 bridgehead atoms. The number of carbonyl (C=O) groups excluding carboxylic acids is 2. The number of esters is 1. The van der Waals surface area contributed by atoms with Crippen LogP contribution in [0.5, 0.6) is 5.75 Å². The Kier molecular flexibility index (Phi) is 8.82. The second kappa shape index (κ2) is 11.7. The molecular formula is C31H39N3O4. The van der Waals surface area contributed by atoms with Gasteiger partial charge in [-0.05, 0) is 61.9 Å². The van der Waals surface area contributed by atoms with Crippen molar-refractivity contribution in [2.75, 3.05) is 6.61 Å². The van der Waals surface area contributed by atoms with Crippen LogP contribution in [0.1, 0.15) is 68.7 Å². The number of hydrogen-bond donors (Lipinski definition) is 1. The van der Waals surface area contributed by atoms with Crippen molar-refractivity contribution >= 4 is 11.9 Å². The van der Waals surface area contributed by atoms with Gasteiger partial charge < -0.3 is 14.8 Å². The number of nitrogens with one attached hydrogen (secondary N) is 1. The first-order valence-corrected chi connectivity index (χ1v) is 12.9. The Hall–Kier alpha value is -3.87. The van der Waals surface area contributed by atoms with Gasteiger partial charge in [0.05, 0.1) is 18.8 Å². The summed E-state index contributed by atoms with van der Waals surface area (Å²) in [5.74, 6) is -0.0564. The Morgan fingerprint density at radius 1 is 1.05 bits per heavy atom. The first-order chi connectivity index (χ1) is 17.9. The maximum Gasteiger partial charge on any atom is 0.349 e. The molecule has 0 unspecified atom stereocenters. The molecule has 0 aliphatic rings. The second-order valence-corrected chi connectivity index (χ2v) is 10.8. The summed E-state index contributed by atoms with van der Waals surface area (Å²) in [5, 5.41) is 7.64. The van der Waals surface area contributed by atoms with Gasteiger partial charge in [0, 0.05) is 12.1 Å². The summed E-state index contributed by atoms with van der Waals surface area (Å²) in [4.78, 5) is 25.3. The molecular weight excluding hydrogens is 478 g/mol. The van der Waals surface area contributed by atoms with E-state index in [1.165, 1.54) is 5.56 Å². The summed E-state index contributed by atoms with van der Waals surface area (Å²) in [6.07, 6.45) is 1.72. The number of allylic oxidation sites excluding steroid dienone is 1. The third kappa shape index (κ3) is 6.91. The van der Waals surface area contributed by atoms with E-state index in [1.807, 2.05) is 37.3 Å². The first kappa shape index (κ1) is 28.7. The lowest BCUT2D eigenvalue weighted by Crippen LogP contribution is -2.39. The van der Waals surface area contributed by atoms with Gasteiger partial charge in [-0.2, -0.15) is 5.10 Å². The maximum absolute atomic E-state index is 13.1. The van der Waals surface area contributed by atoms with Crippen molar-refractivity contribution in [3.63, 3.8) is 0 Å². The molecule has 0 aliphatic carbocycles. The van der Waals surface area contributed by atoms with Crippen LogP contribution in [0.25, 0.3) is 11.3 Å². The van der Waals surface area contributed by atoms with Gasteiger partial charge in [-0.25, -0.2) is 4.79 Å². The van der Waals surface area contributed by atoms with Crippen LogP contribution >= 0.6 is 0 Å². The summed E-state index contributed by atoms with van der Waals surface area (Å²) < 4.78 is 12.7. The molecule has 0 saturated carbocycles. The van der Waals surface area contributed by atoms with Crippen molar-refractivity contribution in [3.05, 3.63) is 83.6 Å². The molecule has 0 saturated heterocycles. The molecule has 0 spiro atoms. The highest BCUT2D eigenvalue weighted by Gasteiger charge is 2.32. The van der Waals surface area contributed by atoms with Gasteiger partial charge in [-0.1, -0.05) is 63.2 Å². The Balaban J connectivity index is 1.73. The molecule has 38 heavy (non-hydrogen) atoms. The van der Waals surface area contributed by atoms with Gasteiger partial charge in [-0.15, -0.1) is 6.58 Å². The van der Waals surface area contributed by atoms with E-state index in [2.05, 4.69) is 49.9 Å². The number of rotatable bonds is 10. The molecule has 0 fully saturated rings. The summed E-state index contributed by atoms with van der Waals surface area (Å²) >= 11 is 0. The average Bonchev–Trinajstić information content (AvgIpc) is 3.28. The molecule has 1 N–H and O–H groups in total. The standard InChI is InChI=1S/C31H39N3O4/c1-9-17-34-26(19-25(33-34)23-12-14-24(15-13-23)30(4,5)6)28(35)32-20-22-11-16-27(21(3)18-22)38-31(7,8)29(36)37-10-2/h9,11-16,18-19H,1,10,17,20H2,2-8H3,(H,32,35). The summed E-state index contributed by atoms with van der Waals surface area (Å²) in [6.45, 7) is 18.4. The fourth-order valence-electron chi connectivity index (χ4n) is 3.97. The van der Waals surface area contributed by atoms with Crippen molar-refractivity contribution in [1.82, 2.24) is 15.1 Å². The van der Waals surface area contributed by atoms with E-state index >= 15 is 0 Å². The number of benzene rings is 2. The number of aromatic nitrogens is 2. The monoisotopic (exact) mass is 517 g/mol. The predicted molar refractivity (Wildman–Crippen MR) is 150 cm³/mol. The van der Waals surface area contributed by atoms with Crippen LogP contribution in [0.3, 0.4) is 0 Å². The fourth-order valence-corrected chi connectivity index (χ4v) is 3.97. The molecule has 0 aliphatic heterocycles. The van der Waals surface area contributed by atoms with Crippen molar-refractivity contribution in [2.24, 2.45) is 0 Å². The number of nitrogens with zero attached hydrogens (tertiary/aromatic N) is 2. The van der Waals surface area contributed by atoms with Crippen LogP contribution in [-0.2, 0) is 28.0 Å². The highest BCUT2D eigenvalue weighted by atomic mass is 16.6. The Morgan fingerprint density at radius 2 is 1.74 bits per heavy atom. The Bertz CT molecular complexity index is 1300. The van der Waals surface area contributed by atoms with Crippen molar-refractivity contribution < 1.29 is 19.1 Å². The second-order valence-electron chi connectivity index (χ2n) is 10.8. The van der Waals surface area contributed by atoms with Gasteiger partial charge >= 0.3 is 5.97 Å². The molecule has 1 amide bonds. The Labute approximate surface area is 225 Å². The van der Waals surface area contributed by atoms with E-state index in [9.17, 15) is 9.59 Å². The molecule has 2 aromatic carbocycles. The van der Waals surface area contributed by atoms with E-state index < -0.39 is 11.6 Å². The third-order valence-electron chi connectivity index (χ3n) is 6.19. The van der Waals surface area contributed by atoms with Crippen molar-refractivity contribution in [1.29, 1.82) is 0 Å². The quantitative estimate of drug-likeness (QED) is 0.264. The van der Waals surface area contributed by atoms with E-state index in [1.54, 1.807) is 37.6 Å². The molecule has 1 aromatic heterocycles. The minimum absolute atomic E-state index is 0.0611. The van der Waals surface area contributed by atoms with Gasteiger partial charge in [0.15, 0.2) is 5.60 Å². The summed E-state index contributed by atoms with van der Waals surface area (Å²) in [7, 11) is 0. The van der Waals surface area contributed by atoms with Crippen LogP contribution in [0.15, 0.2) is 61.2 Å². The Morgan fingerprint density at radius 3 is 2.32 bits per heavy atom. The number of aryl methyl sites for hydroxylation is 1. The van der Waals surface area contributed by atoms with Crippen LogP contribution in [0.2, 0.25) is 0 Å². The molecule has 7 heteroatoms. The lowest BCUT2D eigenvalue weighted by Gasteiger charge is -2.25. The van der Waals surface area contributed by atoms with Crippen molar-refractivity contribution in [2.45, 2.75) is 72.6 Å². The topological polar surface area (TPSA) is 82.5 Å². The zero-order chi connectivity index (χ0) is 28.1. The molecule has 3 aromatic rings. The lowest BCUT2D eigenvalue weighted by atomic mass is 9.86. The van der Waals surface area contributed by atoms with Gasteiger partial charge in [0.25, 0.3) is 5.91 Å². The largest absolute Gasteiger partial charge is 0.476 e. The predicted octanol–water partition coefficient (Wildman–Crippen LogP) is 5.99. The minimum Gasteiger partial charge on any atom is -0.476 e. The lowest BCUT2D eigenvalue weighted by molar-refractivity contribution is -0.158. The zero-order valence-corrected chi connectivity index (χ0v) is 23.6. The zero-order valence-electron chi connectivity index (χ0n) is 23.6. The molecule has 1 heterocycles. The van der Waals surface area contributed by atoms with Gasteiger partial charge in [-0.3, -0.25) is 9.48 Å². The number of carbonyl (C=O) groups is 2. The normalized spacial score (nSPS) is 11.7. The van der Waals surface area contributed by atoms with Gasteiger partial charge in [0.2, 0.25) is 0 Å². The summed E-state index contributed by atoms with van der Waals surface area (Å²) in [6, 6.07) is 15.7. The SMILES string of the molecule is C=CCn1nc(-c2ccc(C(C)(C)C)cc2)cc1C(=O)NCc1ccc(OC(C)(C)C(=O)OCC)c(C)c1. The number of hydrogen-bond acceptors (Lipinski definition) is 5. The average molecular weight is 518 g/mol. The molecule has 7 nitrogen and oxygen atoms in total. The summed E-state index contributed by atoms with van der Waals surface area (Å²) in [5.41, 5.74) is 4.10. The third-order valence-corrected chi connectivity index (χ3v) is 6.19. The number of amides is 1. The number of ether oxygens (including phenoxy) is 2. The van der Waals surface area contributed by atoms with E-state index in [4.69, 9.17) is 9.47 Å². The first-order valence-electron chi connectivity index (χ1n) is 12.9. The van der Waals surface area contributed by atoms with E-state index in [0.29, 0.717) is 31.1 Å². The molecule has 0 radical (unpaired) electrons. The molecule has 0 atom stereocenters. The van der Waals surface area contributed by atoms with E-state index in [-0.39, 0.29) is 11.3 Å². The van der Waals surface area contributed by atoms with Crippen molar-refractivity contribution in [3.8, 4) is 17.0 Å². The van der Waals surface area contributed by atoms with Crippen LogP contribution in [-0.4, -0.2) is 33.9 Å². The highest BCUT2D eigenvalue weighted by molar-refractivity contribution is 5.93. The van der Waals surface area contributed by atoms with E-state index in [0.717, 1.165) is 22.4 Å². The van der Waals surface area contributed by atoms with Crippen LogP contribution in [0, 0.1) is 6.92 Å². The van der Waals surface area contributed by atoms with Crippen LogP contribution in [0.4, 0.5) is 0 Å². The van der Waals surface area contributed by atoms with Crippen LogP contribution < -0.4 is 10.1 Å². The maximum atomic E-state index is 13.1. The molecule has 202 valence electrons. The minimum atomic E-state index is -1.11. The smallest absolute Gasteiger partial charge is 0.349 e. The molecule has 3 rings (SSSR count).